The summed E-state index contributed by atoms with van der Waals surface area (Å²) in [6.07, 6.45) is 5.52. The standard InChI is InChI=1S/C26H26N4O4S3/c1-28(2)37(32,33)22-12-6-8-18(14-22)24-19(16-30(27-24)20-9-4-3-5-10-20)15-23-25(31)29(26(35)36-23)17-21-11-7-13-34-21/h3-6,8-10,12,14-16,21H,7,11,13,17H2,1-2H3/b23-15+. The van der Waals surface area contributed by atoms with E-state index >= 15 is 0 Å². The summed E-state index contributed by atoms with van der Waals surface area (Å²) in [7, 11) is -0.641. The molecule has 1 amide bonds. The molecule has 0 radical (unpaired) electrons. The number of amides is 1. The first-order chi connectivity index (χ1) is 17.7. The van der Waals surface area contributed by atoms with Gasteiger partial charge in [-0.2, -0.15) is 5.10 Å². The highest BCUT2D eigenvalue weighted by Gasteiger charge is 2.35. The van der Waals surface area contributed by atoms with Crippen molar-refractivity contribution in [1.82, 2.24) is 19.0 Å². The predicted octanol–water partition coefficient (Wildman–Crippen LogP) is 4.17. The number of sulfonamides is 1. The second-order valence-corrected chi connectivity index (χ2v) is 12.8. The summed E-state index contributed by atoms with van der Waals surface area (Å²) in [4.78, 5) is 15.5. The van der Waals surface area contributed by atoms with E-state index in [2.05, 4.69) is 0 Å². The average Bonchev–Trinajstić information content (AvgIpc) is 3.62. The molecule has 0 spiro atoms. The first-order valence-electron chi connectivity index (χ1n) is 11.8. The normalized spacial score (nSPS) is 19.5. The Hall–Kier alpha value is -2.83. The van der Waals surface area contributed by atoms with Crippen LogP contribution in [0.1, 0.15) is 18.4 Å². The molecule has 2 fully saturated rings. The quantitative estimate of drug-likeness (QED) is 0.320. The molecular weight excluding hydrogens is 529 g/mol. The largest absolute Gasteiger partial charge is 0.376 e. The summed E-state index contributed by atoms with van der Waals surface area (Å²) in [6.45, 7) is 1.16. The lowest BCUT2D eigenvalue weighted by atomic mass is 10.1. The molecule has 2 aromatic carbocycles. The molecule has 2 aliphatic rings. The van der Waals surface area contributed by atoms with Gasteiger partial charge in [-0.25, -0.2) is 17.4 Å². The monoisotopic (exact) mass is 554 g/mol. The van der Waals surface area contributed by atoms with Crippen molar-refractivity contribution in [2.75, 3.05) is 27.2 Å². The van der Waals surface area contributed by atoms with Crippen LogP contribution in [0.5, 0.6) is 0 Å². The van der Waals surface area contributed by atoms with E-state index in [0.29, 0.717) is 39.2 Å². The summed E-state index contributed by atoms with van der Waals surface area (Å²) in [5.74, 6) is -0.159. The van der Waals surface area contributed by atoms with Crippen LogP contribution in [0.3, 0.4) is 0 Å². The van der Waals surface area contributed by atoms with Gasteiger partial charge in [0.1, 0.15) is 10.0 Å². The zero-order valence-electron chi connectivity index (χ0n) is 20.4. The molecule has 11 heteroatoms. The van der Waals surface area contributed by atoms with Crippen molar-refractivity contribution in [1.29, 1.82) is 0 Å². The van der Waals surface area contributed by atoms with E-state index in [0.717, 1.165) is 18.5 Å². The Bertz CT molecular complexity index is 1480. The molecule has 0 saturated carbocycles. The minimum Gasteiger partial charge on any atom is -0.376 e. The molecule has 37 heavy (non-hydrogen) atoms. The minimum atomic E-state index is -3.63. The van der Waals surface area contributed by atoms with Gasteiger partial charge < -0.3 is 4.74 Å². The zero-order chi connectivity index (χ0) is 26.2. The van der Waals surface area contributed by atoms with Gasteiger partial charge in [0.2, 0.25) is 10.0 Å². The Morgan fingerprint density at radius 1 is 1.19 bits per heavy atom. The maximum atomic E-state index is 13.3. The molecule has 5 rings (SSSR count). The lowest BCUT2D eigenvalue weighted by Crippen LogP contribution is -2.35. The lowest BCUT2D eigenvalue weighted by molar-refractivity contribution is -0.123. The number of carbonyl (C=O) groups excluding carboxylic acids is 1. The van der Waals surface area contributed by atoms with Crippen LogP contribution < -0.4 is 0 Å². The molecule has 1 aromatic heterocycles. The molecular formula is C26H26N4O4S3. The van der Waals surface area contributed by atoms with Gasteiger partial charge in [0.05, 0.1) is 28.1 Å². The smallest absolute Gasteiger partial charge is 0.266 e. The third kappa shape index (κ3) is 5.27. The van der Waals surface area contributed by atoms with E-state index in [1.807, 2.05) is 42.6 Å². The molecule has 2 saturated heterocycles. The molecule has 1 atom stereocenters. The fourth-order valence-corrected chi connectivity index (χ4v) is 6.45. The lowest BCUT2D eigenvalue weighted by Gasteiger charge is -2.18. The third-order valence-electron chi connectivity index (χ3n) is 6.22. The minimum absolute atomic E-state index is 0.000345. The second kappa shape index (κ2) is 10.5. The number of thiocarbonyl (C=S) groups is 1. The van der Waals surface area contributed by atoms with Gasteiger partial charge in [-0.3, -0.25) is 9.69 Å². The highest BCUT2D eigenvalue weighted by Crippen LogP contribution is 2.36. The highest BCUT2D eigenvalue weighted by atomic mass is 32.2. The Morgan fingerprint density at radius 2 is 1.97 bits per heavy atom. The van der Waals surface area contributed by atoms with Crippen LogP contribution in [0.4, 0.5) is 0 Å². The first-order valence-corrected chi connectivity index (χ1v) is 14.5. The van der Waals surface area contributed by atoms with Crippen molar-refractivity contribution in [2.24, 2.45) is 0 Å². The number of rotatable bonds is 7. The first kappa shape index (κ1) is 25.8. The second-order valence-electron chi connectivity index (χ2n) is 8.96. The van der Waals surface area contributed by atoms with Crippen molar-refractivity contribution >= 4 is 50.3 Å². The van der Waals surface area contributed by atoms with Crippen molar-refractivity contribution in [3.63, 3.8) is 0 Å². The van der Waals surface area contributed by atoms with Gasteiger partial charge in [-0.05, 0) is 43.2 Å². The SMILES string of the molecule is CN(C)S(=O)(=O)c1cccc(-c2nn(-c3ccccc3)cc2/C=C2/SC(=S)N(CC3CCCO3)C2=O)c1. The number of carbonyl (C=O) groups is 1. The van der Waals surface area contributed by atoms with Crippen LogP contribution in [0.15, 0.2) is 70.6 Å². The van der Waals surface area contributed by atoms with E-state index < -0.39 is 10.0 Å². The van der Waals surface area contributed by atoms with Crippen molar-refractivity contribution in [3.8, 4) is 16.9 Å². The van der Waals surface area contributed by atoms with Crippen molar-refractivity contribution < 1.29 is 17.9 Å². The topological polar surface area (TPSA) is 84.7 Å². The number of benzene rings is 2. The zero-order valence-corrected chi connectivity index (χ0v) is 22.9. The van der Waals surface area contributed by atoms with Gasteiger partial charge in [0, 0.05) is 38.0 Å². The van der Waals surface area contributed by atoms with Crippen molar-refractivity contribution in [3.05, 3.63) is 71.3 Å². The number of thioether (sulfide) groups is 1. The highest BCUT2D eigenvalue weighted by molar-refractivity contribution is 8.26. The Balaban J connectivity index is 1.56. The molecule has 192 valence electrons. The number of para-hydroxylation sites is 1. The maximum Gasteiger partial charge on any atom is 0.266 e. The summed E-state index contributed by atoms with van der Waals surface area (Å²) in [5, 5.41) is 4.78. The Labute approximate surface area is 226 Å². The average molecular weight is 555 g/mol. The van der Waals surface area contributed by atoms with Gasteiger partial charge in [0.25, 0.3) is 5.91 Å². The molecule has 8 nitrogen and oxygen atoms in total. The number of hydrogen-bond acceptors (Lipinski definition) is 7. The van der Waals surface area contributed by atoms with Gasteiger partial charge in [-0.15, -0.1) is 0 Å². The number of aromatic nitrogens is 2. The van der Waals surface area contributed by atoms with E-state index in [9.17, 15) is 13.2 Å². The number of hydrogen-bond donors (Lipinski definition) is 0. The maximum absolute atomic E-state index is 13.3. The van der Waals surface area contributed by atoms with Crippen molar-refractivity contribution in [2.45, 2.75) is 23.8 Å². The molecule has 2 aliphatic heterocycles. The van der Waals surface area contributed by atoms with E-state index in [1.54, 1.807) is 33.9 Å². The fraction of sp³-hybridized carbons (Fsp3) is 0.269. The van der Waals surface area contributed by atoms with Crippen LogP contribution in [-0.4, -0.2) is 71.0 Å². The fourth-order valence-electron chi connectivity index (χ4n) is 4.24. The number of ether oxygens (including phenoxy) is 1. The molecule has 3 aromatic rings. The van der Waals surface area contributed by atoms with Crippen LogP contribution in [0.2, 0.25) is 0 Å². The van der Waals surface area contributed by atoms with Crippen LogP contribution in [-0.2, 0) is 19.6 Å². The van der Waals surface area contributed by atoms with Gasteiger partial charge in [-0.1, -0.05) is 54.3 Å². The summed E-state index contributed by atoms with van der Waals surface area (Å²) < 4.78 is 34.7. The van der Waals surface area contributed by atoms with E-state index in [4.69, 9.17) is 22.1 Å². The summed E-state index contributed by atoms with van der Waals surface area (Å²) in [5.41, 5.74) is 2.70. The van der Waals surface area contributed by atoms with E-state index in [-0.39, 0.29) is 16.9 Å². The Morgan fingerprint density at radius 3 is 2.68 bits per heavy atom. The predicted molar refractivity (Wildman–Crippen MR) is 149 cm³/mol. The van der Waals surface area contributed by atoms with Crippen LogP contribution in [0, 0.1) is 0 Å². The molecule has 0 bridgehead atoms. The Kier molecular flexibility index (Phi) is 7.32. The summed E-state index contributed by atoms with van der Waals surface area (Å²) >= 11 is 6.77. The van der Waals surface area contributed by atoms with Crippen LogP contribution in [0.25, 0.3) is 23.0 Å². The third-order valence-corrected chi connectivity index (χ3v) is 9.41. The molecule has 0 aliphatic carbocycles. The van der Waals surface area contributed by atoms with E-state index in [1.165, 1.54) is 30.2 Å². The van der Waals surface area contributed by atoms with Crippen LogP contribution >= 0.6 is 24.0 Å². The molecule has 1 unspecified atom stereocenters. The van der Waals surface area contributed by atoms with Gasteiger partial charge in [0.15, 0.2) is 0 Å². The van der Waals surface area contributed by atoms with Gasteiger partial charge >= 0.3 is 0 Å². The summed E-state index contributed by atoms with van der Waals surface area (Å²) in [6, 6.07) is 16.3. The number of nitrogens with zero attached hydrogens (tertiary/aromatic N) is 4. The molecule has 3 heterocycles. The molecule has 0 N–H and O–H groups in total.